The van der Waals surface area contributed by atoms with E-state index in [9.17, 15) is 0 Å². The number of hydrazine groups is 1. The monoisotopic (exact) mass is 268 g/mol. The van der Waals surface area contributed by atoms with Gasteiger partial charge in [-0.25, -0.2) is 15.8 Å². The molecule has 0 unspecified atom stereocenters. The van der Waals surface area contributed by atoms with Crippen molar-refractivity contribution in [2.75, 3.05) is 10.7 Å². The quantitative estimate of drug-likeness (QED) is 0.565. The number of nitrogens with one attached hydrogen (secondary N) is 2. The predicted octanol–water partition coefficient (Wildman–Crippen LogP) is 1.81. The second kappa shape index (κ2) is 6.50. The van der Waals surface area contributed by atoms with E-state index in [1.165, 1.54) is 0 Å². The molecule has 1 aromatic carbocycles. The molecule has 0 saturated heterocycles. The predicted molar refractivity (Wildman–Crippen MR) is 77.7 cm³/mol. The van der Waals surface area contributed by atoms with Crippen LogP contribution in [0.5, 0.6) is 0 Å². The molecule has 0 bridgehead atoms. The Labute approximate surface area is 117 Å². The zero-order valence-corrected chi connectivity index (χ0v) is 11.2. The van der Waals surface area contributed by atoms with Crippen LogP contribution in [0.1, 0.15) is 23.9 Å². The normalized spacial score (nSPS) is 9.85. The number of nitrogen functional groups attached to an aromatic ring is 1. The fourth-order valence-electron chi connectivity index (χ4n) is 1.71. The van der Waals surface area contributed by atoms with Crippen LogP contribution in [0.25, 0.3) is 0 Å². The Morgan fingerprint density at radius 1 is 1.20 bits per heavy atom. The largest absolute Gasteiger partial charge is 0.366 e. The van der Waals surface area contributed by atoms with E-state index < -0.39 is 0 Å². The fourth-order valence-corrected chi connectivity index (χ4v) is 1.71. The smallest absolute Gasteiger partial charge is 0.145 e. The van der Waals surface area contributed by atoms with Crippen LogP contribution in [0.3, 0.4) is 0 Å². The van der Waals surface area contributed by atoms with Crippen LogP contribution in [0.15, 0.2) is 30.3 Å². The van der Waals surface area contributed by atoms with Gasteiger partial charge in [0.05, 0.1) is 11.6 Å². The van der Waals surface area contributed by atoms with Gasteiger partial charge in [0.15, 0.2) is 0 Å². The second-order valence-electron chi connectivity index (χ2n) is 4.21. The number of nitrogens with two attached hydrogens (primary N) is 1. The van der Waals surface area contributed by atoms with Gasteiger partial charge in [-0.3, -0.25) is 0 Å². The average molecular weight is 268 g/mol. The molecule has 0 aliphatic heterocycles. The fraction of sp³-hybridized carbons (Fsp3) is 0.214. The van der Waals surface area contributed by atoms with Gasteiger partial charge in [0, 0.05) is 19.0 Å². The highest BCUT2D eigenvalue weighted by atomic mass is 15.3. The molecular weight excluding hydrogens is 252 g/mol. The number of nitrogens with zero attached hydrogens (tertiary/aromatic N) is 3. The van der Waals surface area contributed by atoms with Gasteiger partial charge in [-0.1, -0.05) is 19.1 Å². The molecule has 1 heterocycles. The maximum absolute atomic E-state index is 8.75. The molecule has 4 N–H and O–H groups in total. The lowest BCUT2D eigenvalue weighted by Crippen LogP contribution is -2.12. The molecule has 2 rings (SSSR count). The number of hydrogen-bond acceptors (Lipinski definition) is 6. The lowest BCUT2D eigenvalue weighted by molar-refractivity contribution is 0.931. The summed E-state index contributed by atoms with van der Waals surface area (Å²) in [6, 6.07) is 11.3. The number of benzene rings is 1. The molecule has 0 spiro atoms. The van der Waals surface area contributed by atoms with Gasteiger partial charge in [0.1, 0.15) is 17.5 Å². The van der Waals surface area contributed by atoms with Crippen molar-refractivity contribution < 1.29 is 0 Å². The highest BCUT2D eigenvalue weighted by Crippen LogP contribution is 2.12. The van der Waals surface area contributed by atoms with Crippen molar-refractivity contribution in [3.63, 3.8) is 0 Å². The van der Waals surface area contributed by atoms with Gasteiger partial charge >= 0.3 is 0 Å². The van der Waals surface area contributed by atoms with E-state index in [2.05, 4.69) is 26.8 Å². The molecule has 6 nitrogen and oxygen atoms in total. The van der Waals surface area contributed by atoms with Crippen LogP contribution in [-0.2, 0) is 13.0 Å². The lowest BCUT2D eigenvalue weighted by Gasteiger charge is -2.09. The van der Waals surface area contributed by atoms with Crippen molar-refractivity contribution in [3.8, 4) is 6.07 Å². The highest BCUT2D eigenvalue weighted by molar-refractivity contribution is 5.47. The Morgan fingerprint density at radius 3 is 2.50 bits per heavy atom. The summed E-state index contributed by atoms with van der Waals surface area (Å²) in [5.41, 5.74) is 4.25. The molecular formula is C14H16N6. The van der Waals surface area contributed by atoms with E-state index in [0.717, 1.165) is 17.8 Å². The molecule has 20 heavy (non-hydrogen) atoms. The molecule has 0 saturated carbocycles. The first-order valence-corrected chi connectivity index (χ1v) is 6.32. The zero-order chi connectivity index (χ0) is 14.4. The first kappa shape index (κ1) is 13.8. The molecule has 0 aliphatic rings. The number of aromatic nitrogens is 2. The van der Waals surface area contributed by atoms with Crippen LogP contribution in [0.4, 0.5) is 11.6 Å². The van der Waals surface area contributed by atoms with E-state index >= 15 is 0 Å². The minimum Gasteiger partial charge on any atom is -0.366 e. The van der Waals surface area contributed by atoms with E-state index in [1.54, 1.807) is 18.2 Å². The van der Waals surface area contributed by atoms with Crippen LogP contribution in [-0.4, -0.2) is 9.97 Å². The Kier molecular flexibility index (Phi) is 4.47. The Hall–Kier alpha value is -2.65. The SMILES string of the molecule is CCc1nc(NN)cc(NCc2ccc(C#N)cc2)n1. The first-order chi connectivity index (χ1) is 9.75. The van der Waals surface area contributed by atoms with Crippen LogP contribution in [0, 0.1) is 11.3 Å². The number of anilines is 2. The Bertz CT molecular complexity index is 592. The first-order valence-electron chi connectivity index (χ1n) is 6.32. The van der Waals surface area contributed by atoms with Gasteiger partial charge in [0.25, 0.3) is 0 Å². The molecule has 0 amide bonds. The van der Waals surface area contributed by atoms with E-state index in [0.29, 0.717) is 23.7 Å². The molecule has 1 aromatic heterocycles. The van der Waals surface area contributed by atoms with Gasteiger partial charge < -0.3 is 10.7 Å². The molecule has 6 heteroatoms. The third-order valence-corrected chi connectivity index (χ3v) is 2.79. The zero-order valence-electron chi connectivity index (χ0n) is 11.2. The van der Waals surface area contributed by atoms with Crippen molar-refractivity contribution >= 4 is 11.6 Å². The van der Waals surface area contributed by atoms with Gasteiger partial charge in [0.2, 0.25) is 0 Å². The van der Waals surface area contributed by atoms with Crippen molar-refractivity contribution in [2.45, 2.75) is 19.9 Å². The summed E-state index contributed by atoms with van der Waals surface area (Å²) in [6.45, 7) is 2.61. The Morgan fingerprint density at radius 2 is 1.90 bits per heavy atom. The molecule has 0 fully saturated rings. The lowest BCUT2D eigenvalue weighted by atomic mass is 10.1. The average Bonchev–Trinajstić information content (AvgIpc) is 2.53. The van der Waals surface area contributed by atoms with Crippen molar-refractivity contribution in [3.05, 3.63) is 47.3 Å². The molecule has 0 atom stereocenters. The van der Waals surface area contributed by atoms with Crippen LogP contribution < -0.4 is 16.6 Å². The molecule has 2 aromatic rings. The van der Waals surface area contributed by atoms with Crippen molar-refractivity contribution in [1.29, 1.82) is 5.26 Å². The van der Waals surface area contributed by atoms with E-state index in [4.69, 9.17) is 11.1 Å². The summed E-state index contributed by atoms with van der Waals surface area (Å²) in [6.07, 6.45) is 0.737. The molecule has 0 aliphatic carbocycles. The van der Waals surface area contributed by atoms with Gasteiger partial charge in [-0.05, 0) is 17.7 Å². The molecule has 0 radical (unpaired) electrons. The van der Waals surface area contributed by atoms with Gasteiger partial charge in [-0.2, -0.15) is 5.26 Å². The summed E-state index contributed by atoms with van der Waals surface area (Å²) < 4.78 is 0. The number of aryl methyl sites for hydroxylation is 1. The minimum atomic E-state index is 0.583. The standard InChI is InChI=1S/C14H16N6/c1-2-12-18-13(7-14(19-12)20-16)17-9-11-5-3-10(8-15)4-6-11/h3-7H,2,9,16H2,1H3,(H2,17,18,19,20). The highest BCUT2D eigenvalue weighted by Gasteiger charge is 2.02. The second-order valence-corrected chi connectivity index (χ2v) is 4.21. The van der Waals surface area contributed by atoms with Crippen molar-refractivity contribution in [2.24, 2.45) is 5.84 Å². The van der Waals surface area contributed by atoms with Gasteiger partial charge in [-0.15, -0.1) is 0 Å². The summed E-state index contributed by atoms with van der Waals surface area (Å²) in [7, 11) is 0. The minimum absolute atomic E-state index is 0.583. The maximum Gasteiger partial charge on any atom is 0.145 e. The van der Waals surface area contributed by atoms with Crippen LogP contribution in [0.2, 0.25) is 0 Å². The Balaban J connectivity index is 2.07. The topological polar surface area (TPSA) is 99.6 Å². The summed E-state index contributed by atoms with van der Waals surface area (Å²) >= 11 is 0. The van der Waals surface area contributed by atoms with E-state index in [-0.39, 0.29) is 0 Å². The summed E-state index contributed by atoms with van der Waals surface area (Å²) in [4.78, 5) is 8.60. The number of rotatable bonds is 5. The summed E-state index contributed by atoms with van der Waals surface area (Å²) in [5.74, 6) is 7.41. The van der Waals surface area contributed by atoms with E-state index in [1.807, 2.05) is 19.1 Å². The van der Waals surface area contributed by atoms with Crippen molar-refractivity contribution in [1.82, 2.24) is 9.97 Å². The summed E-state index contributed by atoms with van der Waals surface area (Å²) in [5, 5.41) is 12.0. The molecule has 102 valence electrons. The maximum atomic E-state index is 8.75. The third-order valence-electron chi connectivity index (χ3n) is 2.79. The number of hydrogen-bond donors (Lipinski definition) is 3. The third kappa shape index (κ3) is 3.43. The van der Waals surface area contributed by atoms with Crippen LogP contribution >= 0.6 is 0 Å². The number of nitriles is 1.